The maximum absolute atomic E-state index is 12.6. The molecule has 0 radical (unpaired) electrons. The average Bonchev–Trinajstić information content (AvgIpc) is 3.11. The molecule has 0 aromatic heterocycles. The molecular weight excluding hydrogens is 326 g/mol. The first-order chi connectivity index (χ1) is 11.4. The van der Waals surface area contributed by atoms with Gasteiger partial charge in [0, 0.05) is 11.6 Å². The number of amidine groups is 1. The normalized spacial score (nSPS) is 22.4. The van der Waals surface area contributed by atoms with Crippen LogP contribution < -0.4 is 10.0 Å². The quantitative estimate of drug-likeness (QED) is 0.869. The number of carbonyl (C=O) groups excluding carboxylic acids is 1. The van der Waals surface area contributed by atoms with Crippen LogP contribution in [0.5, 0.6) is 0 Å². The van der Waals surface area contributed by atoms with Crippen molar-refractivity contribution in [2.24, 2.45) is 10.9 Å². The van der Waals surface area contributed by atoms with Gasteiger partial charge in [0.1, 0.15) is 11.9 Å². The molecule has 1 saturated carbocycles. The van der Waals surface area contributed by atoms with E-state index in [1.165, 1.54) is 0 Å². The zero-order valence-electron chi connectivity index (χ0n) is 14.0. The van der Waals surface area contributed by atoms with Crippen LogP contribution in [-0.4, -0.2) is 32.2 Å². The molecule has 0 bridgehead atoms. The first-order valence-corrected chi connectivity index (χ1v) is 9.87. The molecule has 1 atom stereocenters. The minimum atomic E-state index is -3.59. The first-order valence-electron chi connectivity index (χ1n) is 8.39. The van der Waals surface area contributed by atoms with Gasteiger partial charge in [0.25, 0.3) is 10.0 Å². The van der Waals surface area contributed by atoms with Crippen molar-refractivity contribution in [1.82, 2.24) is 10.0 Å². The fourth-order valence-corrected chi connectivity index (χ4v) is 4.48. The molecule has 1 amide bonds. The third kappa shape index (κ3) is 3.31. The zero-order valence-corrected chi connectivity index (χ0v) is 14.8. The zero-order chi connectivity index (χ0) is 17.3. The molecule has 24 heavy (non-hydrogen) atoms. The van der Waals surface area contributed by atoms with E-state index in [2.05, 4.69) is 15.0 Å². The van der Waals surface area contributed by atoms with E-state index < -0.39 is 16.1 Å². The first kappa shape index (κ1) is 17.0. The smallest absolute Gasteiger partial charge is 0.263 e. The Bertz CT molecular complexity index is 765. The van der Waals surface area contributed by atoms with Gasteiger partial charge in [-0.3, -0.25) is 14.5 Å². The summed E-state index contributed by atoms with van der Waals surface area (Å²) in [5, 5.41) is 3.06. The molecule has 1 aliphatic carbocycles. The summed E-state index contributed by atoms with van der Waals surface area (Å²) in [7, 11) is -3.59. The predicted molar refractivity (Wildman–Crippen MR) is 92.3 cm³/mol. The highest BCUT2D eigenvalue weighted by Gasteiger charge is 2.33. The molecule has 3 rings (SSSR count). The second kappa shape index (κ2) is 6.55. The number of rotatable bonds is 4. The molecule has 2 N–H and O–H groups in total. The number of aliphatic imine (C=N–C) groups is 1. The number of nitrogens with zero attached hydrogens (tertiary/aromatic N) is 1. The maximum Gasteiger partial charge on any atom is 0.263 e. The van der Waals surface area contributed by atoms with E-state index in [0.717, 1.165) is 25.7 Å². The summed E-state index contributed by atoms with van der Waals surface area (Å²) in [5.41, 5.74) is 0.525. The topological polar surface area (TPSA) is 87.6 Å². The maximum atomic E-state index is 12.6. The van der Waals surface area contributed by atoms with Crippen molar-refractivity contribution >= 4 is 21.8 Å². The molecule has 130 valence electrons. The highest BCUT2D eigenvalue weighted by atomic mass is 32.2. The lowest BCUT2D eigenvalue weighted by atomic mass is 10.0. The lowest BCUT2D eigenvalue weighted by molar-refractivity contribution is -0.123. The molecule has 1 unspecified atom stereocenters. The Labute approximate surface area is 142 Å². The van der Waals surface area contributed by atoms with Crippen molar-refractivity contribution in [3.63, 3.8) is 0 Å². The molecular formula is C17H23N3O3S. The lowest BCUT2D eigenvalue weighted by Crippen LogP contribution is -2.42. The summed E-state index contributed by atoms with van der Waals surface area (Å²) in [5.74, 6) is 0.0926. The van der Waals surface area contributed by atoms with E-state index in [1.54, 1.807) is 24.3 Å². The van der Waals surface area contributed by atoms with Gasteiger partial charge in [0.2, 0.25) is 5.91 Å². The van der Waals surface area contributed by atoms with E-state index in [4.69, 9.17) is 0 Å². The van der Waals surface area contributed by atoms with Crippen molar-refractivity contribution in [3.05, 3.63) is 29.8 Å². The Morgan fingerprint density at radius 3 is 2.58 bits per heavy atom. The Kier molecular flexibility index (Phi) is 4.62. The number of benzene rings is 1. The lowest BCUT2D eigenvalue weighted by Gasteiger charge is -2.20. The van der Waals surface area contributed by atoms with Crippen LogP contribution in [-0.2, 0) is 14.8 Å². The molecule has 6 nitrogen and oxygen atoms in total. The van der Waals surface area contributed by atoms with Crippen molar-refractivity contribution in [2.75, 3.05) is 0 Å². The molecule has 0 spiro atoms. The Morgan fingerprint density at radius 1 is 1.25 bits per heavy atom. The van der Waals surface area contributed by atoms with Gasteiger partial charge in [-0.2, -0.15) is 0 Å². The third-order valence-electron chi connectivity index (χ3n) is 4.53. The van der Waals surface area contributed by atoms with E-state index in [1.807, 2.05) is 13.8 Å². The fourth-order valence-electron chi connectivity index (χ4n) is 3.24. The molecule has 1 heterocycles. The summed E-state index contributed by atoms with van der Waals surface area (Å²) in [6.45, 7) is 3.83. The summed E-state index contributed by atoms with van der Waals surface area (Å²) in [4.78, 5) is 17.3. The number of hydrogen-bond donors (Lipinski definition) is 2. The number of hydrogen-bond acceptors (Lipinski definition) is 4. The number of amides is 1. The van der Waals surface area contributed by atoms with E-state index in [-0.39, 0.29) is 28.6 Å². The van der Waals surface area contributed by atoms with Gasteiger partial charge < -0.3 is 5.32 Å². The Morgan fingerprint density at radius 2 is 1.92 bits per heavy atom. The highest BCUT2D eigenvalue weighted by Crippen LogP contribution is 2.24. The SMILES string of the molecule is CC(C)C(N=C1NS(=O)(=O)c2ccccc21)C(=O)NC1CCCC1. The van der Waals surface area contributed by atoms with E-state index in [9.17, 15) is 13.2 Å². The molecule has 1 aromatic carbocycles. The van der Waals surface area contributed by atoms with Crippen LogP contribution in [0.2, 0.25) is 0 Å². The van der Waals surface area contributed by atoms with Crippen LogP contribution in [0.1, 0.15) is 45.1 Å². The Hall–Kier alpha value is -1.89. The fraction of sp³-hybridized carbons (Fsp3) is 0.529. The van der Waals surface area contributed by atoms with Crippen molar-refractivity contribution in [1.29, 1.82) is 0 Å². The van der Waals surface area contributed by atoms with Gasteiger partial charge in [0.05, 0.1) is 4.90 Å². The van der Waals surface area contributed by atoms with Crippen molar-refractivity contribution < 1.29 is 13.2 Å². The number of fused-ring (bicyclic) bond motifs is 1. The van der Waals surface area contributed by atoms with Crippen LogP contribution in [0.4, 0.5) is 0 Å². The van der Waals surface area contributed by atoms with Gasteiger partial charge in [-0.1, -0.05) is 38.8 Å². The van der Waals surface area contributed by atoms with Crippen LogP contribution in [0, 0.1) is 5.92 Å². The van der Waals surface area contributed by atoms with Gasteiger partial charge in [-0.05, 0) is 30.9 Å². The molecule has 7 heteroatoms. The average molecular weight is 349 g/mol. The van der Waals surface area contributed by atoms with Gasteiger partial charge in [0.15, 0.2) is 0 Å². The minimum Gasteiger partial charge on any atom is -0.352 e. The highest BCUT2D eigenvalue weighted by molar-refractivity contribution is 7.90. The number of carbonyl (C=O) groups is 1. The van der Waals surface area contributed by atoms with Crippen LogP contribution in [0.15, 0.2) is 34.2 Å². The van der Waals surface area contributed by atoms with Crippen LogP contribution in [0.25, 0.3) is 0 Å². The second-order valence-electron chi connectivity index (χ2n) is 6.76. The summed E-state index contributed by atoms with van der Waals surface area (Å²) >= 11 is 0. The van der Waals surface area contributed by atoms with Crippen molar-refractivity contribution in [2.45, 2.75) is 56.5 Å². The molecule has 1 aromatic rings. The van der Waals surface area contributed by atoms with Gasteiger partial charge >= 0.3 is 0 Å². The molecule has 2 aliphatic rings. The molecule has 1 aliphatic heterocycles. The molecule has 1 fully saturated rings. The summed E-state index contributed by atoms with van der Waals surface area (Å²) in [6.07, 6.45) is 4.28. The molecule has 0 saturated heterocycles. The summed E-state index contributed by atoms with van der Waals surface area (Å²) in [6, 6.07) is 6.29. The van der Waals surface area contributed by atoms with E-state index in [0.29, 0.717) is 5.56 Å². The predicted octanol–water partition coefficient (Wildman–Crippen LogP) is 1.81. The van der Waals surface area contributed by atoms with E-state index >= 15 is 0 Å². The van der Waals surface area contributed by atoms with Crippen molar-refractivity contribution in [3.8, 4) is 0 Å². The number of nitrogens with one attached hydrogen (secondary N) is 2. The third-order valence-corrected chi connectivity index (χ3v) is 5.93. The van der Waals surface area contributed by atoms with Crippen LogP contribution in [0.3, 0.4) is 0 Å². The monoisotopic (exact) mass is 349 g/mol. The van der Waals surface area contributed by atoms with Gasteiger partial charge in [-0.15, -0.1) is 0 Å². The largest absolute Gasteiger partial charge is 0.352 e. The summed E-state index contributed by atoms with van der Waals surface area (Å²) < 4.78 is 26.8. The van der Waals surface area contributed by atoms with Gasteiger partial charge in [-0.25, -0.2) is 8.42 Å². The second-order valence-corrected chi connectivity index (χ2v) is 8.41. The standard InChI is InChI=1S/C17H23N3O3S/c1-11(2)15(17(21)18-12-7-3-4-8-12)19-16-13-9-5-6-10-14(13)24(22,23)20-16/h5-6,9-12,15H,3-4,7-8H2,1-2H3,(H,18,21)(H,19,20). The number of sulfonamides is 1. The Balaban J connectivity index is 1.88. The minimum absolute atomic E-state index is 0.0313. The van der Waals surface area contributed by atoms with Crippen LogP contribution >= 0.6 is 0 Å².